The first-order valence-corrected chi connectivity index (χ1v) is 16.5. The van der Waals surface area contributed by atoms with Crippen molar-refractivity contribution in [1.82, 2.24) is 14.9 Å². The van der Waals surface area contributed by atoms with E-state index in [9.17, 15) is 23.1 Å². The molecule has 0 heterocycles. The maximum Gasteiger partial charge on any atom is 0.407 e. The zero-order valence-electron chi connectivity index (χ0n) is 26.4. The van der Waals surface area contributed by atoms with Crippen LogP contribution in [0.5, 0.6) is 5.75 Å². The van der Waals surface area contributed by atoms with Crippen molar-refractivity contribution in [3.8, 4) is 5.75 Å². The minimum Gasteiger partial charge on any atom is -0.497 e. The molecule has 2 amide bonds. The number of alkyl carbamates (subject to hydrolysis) is 1. The lowest BCUT2D eigenvalue weighted by atomic mass is 9.99. The number of nitrogens with zero attached hydrogens (tertiary/aromatic N) is 1. The molecule has 3 aromatic rings. The average molecular weight is 640 g/mol. The van der Waals surface area contributed by atoms with Gasteiger partial charge in [-0.15, -0.1) is 0 Å². The molecular formula is C34H45N3O7S. The Morgan fingerprint density at radius 3 is 2.11 bits per heavy atom. The predicted molar refractivity (Wildman–Crippen MR) is 173 cm³/mol. The summed E-state index contributed by atoms with van der Waals surface area (Å²) < 4.78 is 38.8. The topological polar surface area (TPSA) is 134 Å². The predicted octanol–water partition coefficient (Wildman–Crippen LogP) is 4.38. The molecule has 0 saturated heterocycles. The normalized spacial score (nSPS) is 13.6. The number of amides is 2. The average Bonchev–Trinajstić information content (AvgIpc) is 3.04. The quantitative estimate of drug-likeness (QED) is 0.200. The summed E-state index contributed by atoms with van der Waals surface area (Å²) in [6, 6.07) is 23.8. The first-order valence-electron chi connectivity index (χ1n) is 15.1. The maximum absolute atomic E-state index is 13.6. The minimum absolute atomic E-state index is 0.00430. The van der Waals surface area contributed by atoms with Crippen LogP contribution in [0.25, 0.3) is 0 Å². The molecule has 3 rings (SSSR count). The number of carbonyl (C=O) groups excluding carboxylic acids is 2. The number of sulfonamides is 1. The number of carbonyl (C=O) groups is 2. The van der Waals surface area contributed by atoms with Gasteiger partial charge >= 0.3 is 6.09 Å². The lowest BCUT2D eigenvalue weighted by molar-refractivity contribution is -0.126. The van der Waals surface area contributed by atoms with E-state index in [0.29, 0.717) is 12.2 Å². The molecule has 0 radical (unpaired) electrons. The third-order valence-electron chi connectivity index (χ3n) is 7.35. The van der Waals surface area contributed by atoms with Crippen LogP contribution in [0.15, 0.2) is 89.8 Å². The number of methoxy groups -OCH3 is 1. The van der Waals surface area contributed by atoms with Crippen molar-refractivity contribution in [3.63, 3.8) is 0 Å². The van der Waals surface area contributed by atoms with Gasteiger partial charge in [0, 0.05) is 19.6 Å². The Hall–Kier alpha value is -3.93. The molecule has 45 heavy (non-hydrogen) atoms. The third kappa shape index (κ3) is 11.5. The molecule has 0 fully saturated rings. The van der Waals surface area contributed by atoms with Crippen LogP contribution in [-0.4, -0.2) is 68.7 Å². The van der Waals surface area contributed by atoms with E-state index >= 15 is 0 Å². The van der Waals surface area contributed by atoms with Crippen LogP contribution in [0.3, 0.4) is 0 Å². The summed E-state index contributed by atoms with van der Waals surface area (Å²) in [6.07, 6.45) is -1.000. The van der Waals surface area contributed by atoms with E-state index in [0.717, 1.165) is 11.1 Å². The fraction of sp³-hybridized carbons (Fsp3) is 0.412. The summed E-state index contributed by atoms with van der Waals surface area (Å²) in [5.74, 6) is -0.120. The smallest absolute Gasteiger partial charge is 0.407 e. The molecule has 1 unspecified atom stereocenters. The summed E-state index contributed by atoms with van der Waals surface area (Å²) in [5.41, 5.74) is 1.65. The minimum atomic E-state index is -3.90. The van der Waals surface area contributed by atoms with E-state index in [4.69, 9.17) is 9.47 Å². The van der Waals surface area contributed by atoms with Crippen LogP contribution in [0.1, 0.15) is 38.3 Å². The van der Waals surface area contributed by atoms with E-state index in [1.165, 1.54) is 16.4 Å². The molecule has 0 aliphatic heterocycles. The molecule has 11 heteroatoms. The number of aliphatic hydroxyl groups excluding tert-OH is 1. The van der Waals surface area contributed by atoms with Gasteiger partial charge in [-0.3, -0.25) is 4.79 Å². The van der Waals surface area contributed by atoms with Gasteiger partial charge in [0.2, 0.25) is 15.9 Å². The molecule has 0 aromatic heterocycles. The second-order valence-corrected chi connectivity index (χ2v) is 13.4. The van der Waals surface area contributed by atoms with Gasteiger partial charge in [-0.2, -0.15) is 4.31 Å². The Morgan fingerprint density at radius 2 is 1.51 bits per heavy atom. The van der Waals surface area contributed by atoms with Gasteiger partial charge in [0.1, 0.15) is 12.4 Å². The van der Waals surface area contributed by atoms with Crippen molar-refractivity contribution in [2.75, 3.05) is 26.7 Å². The largest absolute Gasteiger partial charge is 0.497 e. The SMILES string of the molecule is COc1ccc(COC(=O)NCC(C)C(=O)N[C@@H](Cc2ccccc2)[C@H](O)CN(CCC(C)C)S(=O)(=O)c2ccccc2)cc1. The van der Waals surface area contributed by atoms with Crippen LogP contribution in [0.2, 0.25) is 0 Å². The third-order valence-corrected chi connectivity index (χ3v) is 9.23. The van der Waals surface area contributed by atoms with Crippen LogP contribution in [-0.2, 0) is 32.6 Å². The van der Waals surface area contributed by atoms with Crippen molar-refractivity contribution < 1.29 is 32.6 Å². The van der Waals surface area contributed by atoms with E-state index in [1.54, 1.807) is 56.5 Å². The highest BCUT2D eigenvalue weighted by Crippen LogP contribution is 2.19. The number of rotatable bonds is 17. The maximum atomic E-state index is 13.6. The summed E-state index contributed by atoms with van der Waals surface area (Å²) in [4.78, 5) is 25.7. The van der Waals surface area contributed by atoms with Gasteiger partial charge in [0.05, 0.1) is 30.1 Å². The van der Waals surface area contributed by atoms with E-state index in [1.807, 2.05) is 44.2 Å². The molecule has 0 bridgehead atoms. The monoisotopic (exact) mass is 639 g/mol. The Bertz CT molecular complexity index is 1440. The van der Waals surface area contributed by atoms with E-state index in [-0.39, 0.29) is 43.5 Å². The first-order chi connectivity index (χ1) is 21.5. The number of benzene rings is 3. The number of hydrogen-bond acceptors (Lipinski definition) is 7. The van der Waals surface area contributed by atoms with Crippen molar-refractivity contribution in [1.29, 1.82) is 0 Å². The Morgan fingerprint density at radius 1 is 0.889 bits per heavy atom. The van der Waals surface area contributed by atoms with Crippen LogP contribution in [0.4, 0.5) is 4.79 Å². The van der Waals surface area contributed by atoms with Crippen molar-refractivity contribution in [2.45, 2.75) is 57.3 Å². The zero-order chi connectivity index (χ0) is 32.8. The Kier molecular flexibility index (Phi) is 13.8. The molecule has 244 valence electrons. The lowest BCUT2D eigenvalue weighted by Gasteiger charge is -2.31. The molecule has 10 nitrogen and oxygen atoms in total. The van der Waals surface area contributed by atoms with Crippen molar-refractivity contribution in [2.24, 2.45) is 11.8 Å². The van der Waals surface area contributed by atoms with Gasteiger partial charge < -0.3 is 25.2 Å². The summed E-state index contributed by atoms with van der Waals surface area (Å²) in [7, 11) is -2.33. The van der Waals surface area contributed by atoms with Crippen LogP contribution in [0, 0.1) is 11.8 Å². The molecular weight excluding hydrogens is 594 g/mol. The zero-order valence-corrected chi connectivity index (χ0v) is 27.2. The highest BCUT2D eigenvalue weighted by atomic mass is 32.2. The van der Waals surface area contributed by atoms with Crippen molar-refractivity contribution in [3.05, 3.63) is 96.1 Å². The lowest BCUT2D eigenvalue weighted by Crippen LogP contribution is -2.52. The number of hydrogen-bond donors (Lipinski definition) is 3. The molecule has 0 saturated carbocycles. The summed E-state index contributed by atoms with van der Waals surface area (Å²) >= 11 is 0. The fourth-order valence-corrected chi connectivity index (χ4v) is 6.01. The summed E-state index contributed by atoms with van der Waals surface area (Å²) in [5, 5.41) is 17.0. The highest BCUT2D eigenvalue weighted by molar-refractivity contribution is 7.89. The number of nitrogens with one attached hydrogen (secondary N) is 2. The van der Waals surface area contributed by atoms with Crippen molar-refractivity contribution >= 4 is 22.0 Å². The number of aliphatic hydroxyl groups is 1. The van der Waals surface area contributed by atoms with E-state index in [2.05, 4.69) is 10.6 Å². The van der Waals surface area contributed by atoms with Gasteiger partial charge in [-0.25, -0.2) is 13.2 Å². The van der Waals surface area contributed by atoms with E-state index < -0.39 is 40.1 Å². The van der Waals surface area contributed by atoms with Crippen LogP contribution < -0.4 is 15.4 Å². The standard InChI is InChI=1S/C34H45N3O7S/c1-25(2)19-20-37(45(41,42)30-13-9-6-10-14-30)23-32(38)31(21-27-11-7-5-8-12-27)36-33(39)26(3)22-35-34(40)44-24-28-15-17-29(43-4)18-16-28/h5-18,25-26,31-32,38H,19-24H2,1-4H3,(H,35,40)(H,36,39)/t26?,31-,32+/m0/s1. The fourth-order valence-electron chi connectivity index (χ4n) is 4.52. The second kappa shape index (κ2) is 17.5. The molecule has 3 aromatic carbocycles. The Labute approximate surface area is 266 Å². The van der Waals surface area contributed by atoms with Gasteiger partial charge in [0.25, 0.3) is 0 Å². The Balaban J connectivity index is 1.67. The molecule has 0 spiro atoms. The van der Waals surface area contributed by atoms with Crippen LogP contribution >= 0.6 is 0 Å². The molecule has 3 atom stereocenters. The highest BCUT2D eigenvalue weighted by Gasteiger charge is 2.31. The van der Waals surface area contributed by atoms with Gasteiger partial charge in [-0.1, -0.05) is 81.4 Å². The number of ether oxygens (including phenoxy) is 2. The first kappa shape index (κ1) is 35.5. The molecule has 3 N–H and O–H groups in total. The molecule has 0 aliphatic rings. The second-order valence-electron chi connectivity index (χ2n) is 11.4. The molecule has 0 aliphatic carbocycles. The van der Waals surface area contributed by atoms with Gasteiger partial charge in [0.15, 0.2) is 0 Å². The summed E-state index contributed by atoms with van der Waals surface area (Å²) in [6.45, 7) is 5.74. The van der Waals surface area contributed by atoms with Gasteiger partial charge in [-0.05, 0) is 54.2 Å².